The predicted molar refractivity (Wildman–Crippen MR) is 117 cm³/mol. The van der Waals surface area contributed by atoms with Crippen molar-refractivity contribution in [1.82, 2.24) is 10.3 Å². The quantitative estimate of drug-likeness (QED) is 0.693. The lowest BCUT2D eigenvalue weighted by Crippen LogP contribution is -2.40. The fraction of sp³-hybridized carbons (Fsp3) is 0.565. The predicted octanol–water partition coefficient (Wildman–Crippen LogP) is 4.70. The van der Waals surface area contributed by atoms with Crippen LogP contribution >= 0.6 is 11.6 Å². The number of hydrogen-bond acceptors (Lipinski definition) is 5. The molecular weight excluding hydrogens is 386 g/mol. The molecule has 2 aliphatic rings. The zero-order chi connectivity index (χ0) is 20.2. The number of halogens is 1. The van der Waals surface area contributed by atoms with Crippen LogP contribution in [0.15, 0.2) is 24.3 Å². The Bertz CT molecular complexity index is 867. The molecule has 1 saturated heterocycles. The second kappa shape index (κ2) is 9.31. The van der Waals surface area contributed by atoms with Gasteiger partial charge in [-0.2, -0.15) is 0 Å². The molecule has 0 amide bonds. The summed E-state index contributed by atoms with van der Waals surface area (Å²) in [7, 11) is 0. The molecule has 29 heavy (non-hydrogen) atoms. The minimum Gasteiger partial charge on any atom is -0.466 e. The average molecular weight is 416 g/mol. The fourth-order valence-electron chi connectivity index (χ4n) is 4.58. The van der Waals surface area contributed by atoms with Crippen LogP contribution in [-0.2, 0) is 16.1 Å². The minimum atomic E-state index is -0.0911. The normalized spacial score (nSPS) is 20.3. The van der Waals surface area contributed by atoms with Crippen molar-refractivity contribution in [1.29, 1.82) is 0 Å². The van der Waals surface area contributed by atoms with E-state index in [0.717, 1.165) is 42.7 Å². The van der Waals surface area contributed by atoms with Gasteiger partial charge in [0, 0.05) is 41.6 Å². The first-order chi connectivity index (χ1) is 14.1. The standard InChI is InChI=1S/C23H30ClN3O2/c1-2-29-23(28)17-6-5-11-27(15-17)22-18(14-25-20-7-3-4-8-20)12-16-9-10-19(24)13-21(16)26-22/h9-10,12-13,17,20,25H,2-8,11,14-15H2,1H3. The van der Waals surface area contributed by atoms with Crippen molar-refractivity contribution in [3.8, 4) is 0 Å². The number of benzene rings is 1. The van der Waals surface area contributed by atoms with E-state index in [4.69, 9.17) is 21.3 Å². The van der Waals surface area contributed by atoms with Crippen LogP contribution in [0.1, 0.15) is 51.0 Å². The van der Waals surface area contributed by atoms with E-state index in [0.29, 0.717) is 24.2 Å². The second-order valence-corrected chi connectivity index (χ2v) is 8.64. The van der Waals surface area contributed by atoms with Crippen molar-refractivity contribution in [3.05, 3.63) is 34.9 Å². The molecule has 1 aromatic heterocycles. The highest BCUT2D eigenvalue weighted by Crippen LogP contribution is 2.30. The number of esters is 1. The molecule has 1 aliphatic heterocycles. The maximum absolute atomic E-state index is 12.3. The topological polar surface area (TPSA) is 54.5 Å². The number of anilines is 1. The summed E-state index contributed by atoms with van der Waals surface area (Å²) in [6, 6.07) is 8.69. The van der Waals surface area contributed by atoms with Gasteiger partial charge in [0.2, 0.25) is 0 Å². The van der Waals surface area contributed by atoms with Crippen molar-refractivity contribution in [3.63, 3.8) is 0 Å². The molecule has 2 heterocycles. The molecule has 0 radical (unpaired) electrons. The number of piperidine rings is 1. The summed E-state index contributed by atoms with van der Waals surface area (Å²) in [5.74, 6) is 0.794. The number of ether oxygens (including phenoxy) is 1. The number of nitrogens with one attached hydrogen (secondary N) is 1. The lowest BCUT2D eigenvalue weighted by molar-refractivity contribution is -0.148. The molecule has 0 spiro atoms. The van der Waals surface area contributed by atoms with Gasteiger partial charge in [0.1, 0.15) is 5.82 Å². The van der Waals surface area contributed by atoms with Crippen LogP contribution < -0.4 is 10.2 Å². The third-order valence-corrected chi connectivity index (χ3v) is 6.35. The van der Waals surface area contributed by atoms with E-state index in [9.17, 15) is 4.79 Å². The van der Waals surface area contributed by atoms with E-state index in [1.165, 1.54) is 31.2 Å². The van der Waals surface area contributed by atoms with Gasteiger partial charge in [-0.05, 0) is 50.8 Å². The largest absolute Gasteiger partial charge is 0.466 e. The van der Waals surface area contributed by atoms with Crippen molar-refractivity contribution in [2.45, 2.75) is 58.0 Å². The number of fused-ring (bicyclic) bond motifs is 1. The molecule has 6 heteroatoms. The third-order valence-electron chi connectivity index (χ3n) is 6.11. The molecule has 0 bridgehead atoms. The van der Waals surface area contributed by atoms with E-state index in [1.807, 2.05) is 25.1 Å². The first-order valence-corrected chi connectivity index (χ1v) is 11.3. The number of hydrogen-bond donors (Lipinski definition) is 1. The Morgan fingerprint density at radius 1 is 1.24 bits per heavy atom. The first kappa shape index (κ1) is 20.4. The van der Waals surface area contributed by atoms with Crippen LogP contribution in [0.5, 0.6) is 0 Å². The van der Waals surface area contributed by atoms with E-state index in [1.54, 1.807) is 0 Å². The molecule has 1 atom stereocenters. The summed E-state index contributed by atoms with van der Waals surface area (Å²) in [6.45, 7) is 4.66. The molecule has 1 aliphatic carbocycles. The van der Waals surface area contributed by atoms with Crippen LogP contribution in [0.2, 0.25) is 5.02 Å². The van der Waals surface area contributed by atoms with E-state index in [-0.39, 0.29) is 11.9 Å². The molecule has 2 aromatic rings. The van der Waals surface area contributed by atoms with Gasteiger partial charge in [-0.15, -0.1) is 0 Å². The molecule has 156 valence electrons. The highest BCUT2D eigenvalue weighted by Gasteiger charge is 2.29. The van der Waals surface area contributed by atoms with Crippen molar-refractivity contribution in [2.24, 2.45) is 5.92 Å². The van der Waals surface area contributed by atoms with Crippen LogP contribution in [0.4, 0.5) is 5.82 Å². The maximum Gasteiger partial charge on any atom is 0.310 e. The van der Waals surface area contributed by atoms with Crippen molar-refractivity contribution < 1.29 is 9.53 Å². The van der Waals surface area contributed by atoms with Crippen LogP contribution in [0.25, 0.3) is 10.9 Å². The van der Waals surface area contributed by atoms with Gasteiger partial charge in [0.25, 0.3) is 0 Å². The Morgan fingerprint density at radius 3 is 2.86 bits per heavy atom. The monoisotopic (exact) mass is 415 g/mol. The fourth-order valence-corrected chi connectivity index (χ4v) is 4.75. The molecule has 2 fully saturated rings. The lowest BCUT2D eigenvalue weighted by atomic mass is 9.97. The summed E-state index contributed by atoms with van der Waals surface area (Å²) in [4.78, 5) is 19.6. The maximum atomic E-state index is 12.3. The van der Waals surface area contributed by atoms with Gasteiger partial charge in [-0.25, -0.2) is 4.98 Å². The average Bonchev–Trinajstić information content (AvgIpc) is 3.25. The molecule has 5 nitrogen and oxygen atoms in total. The van der Waals surface area contributed by atoms with E-state index in [2.05, 4.69) is 16.3 Å². The third kappa shape index (κ3) is 4.84. The Morgan fingerprint density at radius 2 is 2.07 bits per heavy atom. The Hall–Kier alpha value is -1.85. The Kier molecular flexibility index (Phi) is 6.56. The second-order valence-electron chi connectivity index (χ2n) is 8.21. The van der Waals surface area contributed by atoms with Crippen molar-refractivity contribution in [2.75, 3.05) is 24.6 Å². The van der Waals surface area contributed by atoms with Crippen molar-refractivity contribution >= 4 is 34.3 Å². The Balaban J connectivity index is 1.62. The lowest BCUT2D eigenvalue weighted by Gasteiger charge is -2.34. The number of rotatable bonds is 6. The summed E-state index contributed by atoms with van der Waals surface area (Å²) in [5.41, 5.74) is 2.09. The smallest absolute Gasteiger partial charge is 0.310 e. The molecule has 1 N–H and O–H groups in total. The van der Waals surface area contributed by atoms with Gasteiger partial charge < -0.3 is 15.0 Å². The highest BCUT2D eigenvalue weighted by molar-refractivity contribution is 6.31. The number of pyridine rings is 1. The first-order valence-electron chi connectivity index (χ1n) is 10.9. The van der Waals surface area contributed by atoms with Gasteiger partial charge in [-0.3, -0.25) is 4.79 Å². The number of nitrogens with zero attached hydrogens (tertiary/aromatic N) is 2. The van der Waals surface area contributed by atoms with Gasteiger partial charge in [0.15, 0.2) is 0 Å². The molecule has 1 saturated carbocycles. The van der Waals surface area contributed by atoms with Crippen LogP contribution in [0, 0.1) is 5.92 Å². The highest BCUT2D eigenvalue weighted by atomic mass is 35.5. The molecular formula is C23H30ClN3O2. The summed E-state index contributed by atoms with van der Waals surface area (Å²) in [6.07, 6.45) is 6.97. The summed E-state index contributed by atoms with van der Waals surface area (Å²) in [5, 5.41) is 5.51. The summed E-state index contributed by atoms with van der Waals surface area (Å²) >= 11 is 6.22. The van der Waals surface area contributed by atoms with E-state index >= 15 is 0 Å². The number of carbonyl (C=O) groups is 1. The zero-order valence-corrected chi connectivity index (χ0v) is 17.9. The molecule has 1 unspecified atom stereocenters. The van der Waals surface area contributed by atoms with Gasteiger partial charge in [-0.1, -0.05) is 30.5 Å². The number of aromatic nitrogens is 1. The zero-order valence-electron chi connectivity index (χ0n) is 17.1. The van der Waals surface area contributed by atoms with Crippen LogP contribution in [-0.4, -0.2) is 36.7 Å². The Labute approximate surface area is 177 Å². The SMILES string of the molecule is CCOC(=O)C1CCCN(c2nc3cc(Cl)ccc3cc2CNC2CCCC2)C1. The minimum absolute atomic E-state index is 0.0869. The van der Waals surface area contributed by atoms with E-state index < -0.39 is 0 Å². The van der Waals surface area contributed by atoms with Gasteiger partial charge in [0.05, 0.1) is 18.0 Å². The molecule has 4 rings (SSSR count). The molecule has 1 aromatic carbocycles. The van der Waals surface area contributed by atoms with Gasteiger partial charge >= 0.3 is 5.97 Å². The van der Waals surface area contributed by atoms with Crippen LogP contribution in [0.3, 0.4) is 0 Å². The number of carbonyl (C=O) groups excluding carboxylic acids is 1. The summed E-state index contributed by atoms with van der Waals surface area (Å²) < 4.78 is 5.28.